The van der Waals surface area contributed by atoms with Crippen molar-refractivity contribution in [3.63, 3.8) is 0 Å². The lowest BCUT2D eigenvalue weighted by Crippen LogP contribution is -2.64. The topological polar surface area (TPSA) is 210 Å². The fourth-order valence-corrected chi connectivity index (χ4v) is 7.95. The average Bonchev–Trinajstić information content (AvgIpc) is 3.26. The van der Waals surface area contributed by atoms with Crippen LogP contribution in [0, 0.1) is 0 Å². The zero-order chi connectivity index (χ0) is 46.4. The van der Waals surface area contributed by atoms with Crippen LogP contribution in [0.1, 0.15) is 181 Å². The molecule has 0 aromatic rings. The van der Waals surface area contributed by atoms with E-state index in [0.717, 1.165) is 89.9 Å². The highest BCUT2D eigenvalue weighted by Gasteiger charge is 2.51. The Morgan fingerprint density at radius 2 is 0.905 bits per heavy atom. The van der Waals surface area contributed by atoms with Gasteiger partial charge < -0.3 is 39.9 Å². The molecule has 1 fully saturated rings. The molecule has 0 saturated heterocycles. The van der Waals surface area contributed by atoms with Crippen molar-refractivity contribution in [1.82, 2.24) is 0 Å². The van der Waals surface area contributed by atoms with Crippen LogP contribution >= 0.6 is 7.82 Å². The molecule has 1 rings (SSSR count). The summed E-state index contributed by atoms with van der Waals surface area (Å²) < 4.78 is 33.6. The predicted molar refractivity (Wildman–Crippen MR) is 249 cm³/mol. The van der Waals surface area contributed by atoms with E-state index >= 15 is 0 Å². The molecule has 0 bridgehead atoms. The van der Waals surface area contributed by atoms with Gasteiger partial charge in [-0.1, -0.05) is 152 Å². The molecule has 63 heavy (non-hydrogen) atoms. The van der Waals surface area contributed by atoms with Crippen molar-refractivity contribution in [3.05, 3.63) is 60.8 Å². The van der Waals surface area contributed by atoms with Crippen LogP contribution in [0.2, 0.25) is 0 Å². The Morgan fingerprint density at radius 1 is 0.508 bits per heavy atom. The standard InChI is InChI=1S/C49H85O13P/c1-3-5-7-9-11-13-15-17-19-20-21-22-24-26-28-30-32-34-36-38-43(51)61-41(40-60-63(57,58)62-49-47(55)45(53)44(52)46(54)48(49)56)39-59-42(50)37-35-33-31-29-27-25-23-18-16-14-12-10-8-6-4-2/h6,8,11-14,17-19,23,41,44-49,52-56H,3-5,7,9-10,15-16,20-22,24-40H2,1-2H3,(H,57,58)/b8-6+,13-11+,14-12+,19-17+,23-18+/t41-,44?,45-,46?,47?,48?,49?/m1/s1. The second kappa shape index (κ2) is 38.8. The van der Waals surface area contributed by atoms with Gasteiger partial charge in [-0.05, 0) is 77.0 Å². The summed E-state index contributed by atoms with van der Waals surface area (Å²) in [6.07, 6.45) is 34.1. The normalized spacial score (nSPS) is 22.2. The number of carbonyl (C=O) groups excluding carboxylic acids is 2. The number of unbranched alkanes of at least 4 members (excludes halogenated alkanes) is 17. The number of esters is 2. The quantitative estimate of drug-likeness (QED) is 0.0147. The Morgan fingerprint density at radius 3 is 1.38 bits per heavy atom. The van der Waals surface area contributed by atoms with Gasteiger partial charge in [-0.3, -0.25) is 18.6 Å². The molecule has 0 amide bonds. The number of phosphoric ester groups is 1. The van der Waals surface area contributed by atoms with E-state index in [0.29, 0.717) is 12.8 Å². The number of hydrogen-bond acceptors (Lipinski definition) is 12. The van der Waals surface area contributed by atoms with Gasteiger partial charge in [-0.15, -0.1) is 0 Å². The van der Waals surface area contributed by atoms with Crippen molar-refractivity contribution in [2.45, 2.75) is 224 Å². The molecule has 8 atom stereocenters. The third-order valence-electron chi connectivity index (χ3n) is 10.8. The summed E-state index contributed by atoms with van der Waals surface area (Å²) in [6.45, 7) is 3.15. The Labute approximate surface area is 379 Å². The van der Waals surface area contributed by atoms with Gasteiger partial charge in [0.15, 0.2) is 6.10 Å². The van der Waals surface area contributed by atoms with E-state index in [1.807, 2.05) is 0 Å². The maximum atomic E-state index is 12.8. The van der Waals surface area contributed by atoms with Crippen molar-refractivity contribution in [2.24, 2.45) is 0 Å². The summed E-state index contributed by atoms with van der Waals surface area (Å²) in [5.74, 6) is -1.13. The molecule has 0 aromatic heterocycles. The molecule has 0 radical (unpaired) electrons. The van der Waals surface area contributed by atoms with Gasteiger partial charge in [0.2, 0.25) is 0 Å². The lowest BCUT2D eigenvalue weighted by molar-refractivity contribution is -0.220. The summed E-state index contributed by atoms with van der Waals surface area (Å²) >= 11 is 0. The van der Waals surface area contributed by atoms with E-state index in [9.17, 15) is 44.6 Å². The Bertz CT molecular complexity index is 1330. The minimum atomic E-state index is -5.13. The molecule has 14 heteroatoms. The van der Waals surface area contributed by atoms with Gasteiger partial charge in [0, 0.05) is 12.8 Å². The van der Waals surface area contributed by atoms with E-state index in [1.165, 1.54) is 51.4 Å². The fourth-order valence-electron chi connectivity index (χ4n) is 6.98. The van der Waals surface area contributed by atoms with E-state index in [4.69, 9.17) is 18.5 Å². The SMILES string of the molecule is CC/C=C/C/C=C/C/C=C/CCCCCCCC(=O)OC[C@H](COP(=O)(O)OC1C(O)C(O)C(O)[C@@H](O)C1O)OC(=O)CCCCCCCCCCC/C=C/C/C=C/CCCCC. The van der Waals surface area contributed by atoms with Crippen LogP contribution < -0.4 is 0 Å². The Hall–Kier alpha value is -2.45. The third-order valence-corrected chi connectivity index (χ3v) is 11.8. The number of carbonyl (C=O) groups is 2. The van der Waals surface area contributed by atoms with Crippen LogP contribution in [-0.4, -0.2) is 98.3 Å². The third kappa shape index (κ3) is 31.2. The van der Waals surface area contributed by atoms with Crippen molar-refractivity contribution in [3.8, 4) is 0 Å². The first-order valence-electron chi connectivity index (χ1n) is 24.1. The molecule has 1 aliphatic carbocycles. The number of hydrogen-bond donors (Lipinski definition) is 6. The maximum absolute atomic E-state index is 12.8. The largest absolute Gasteiger partial charge is 0.472 e. The summed E-state index contributed by atoms with van der Waals surface area (Å²) in [6, 6.07) is 0. The van der Waals surface area contributed by atoms with Crippen molar-refractivity contribution >= 4 is 19.8 Å². The minimum absolute atomic E-state index is 0.0856. The molecule has 1 aliphatic rings. The number of rotatable bonds is 39. The molecule has 0 aliphatic heterocycles. The zero-order valence-electron chi connectivity index (χ0n) is 38.6. The smallest absolute Gasteiger partial charge is 0.462 e. The molecule has 13 nitrogen and oxygen atoms in total. The van der Waals surface area contributed by atoms with Gasteiger partial charge >= 0.3 is 19.8 Å². The second-order valence-electron chi connectivity index (χ2n) is 16.6. The molecule has 6 unspecified atom stereocenters. The first-order valence-corrected chi connectivity index (χ1v) is 25.6. The van der Waals surface area contributed by atoms with Gasteiger partial charge in [0.1, 0.15) is 43.2 Å². The van der Waals surface area contributed by atoms with Crippen LogP contribution in [0.15, 0.2) is 60.8 Å². The highest BCUT2D eigenvalue weighted by atomic mass is 31.2. The molecular formula is C49H85O13P. The second-order valence-corrected chi connectivity index (χ2v) is 18.0. The molecule has 6 N–H and O–H groups in total. The summed E-state index contributed by atoms with van der Waals surface area (Å²) in [5.41, 5.74) is 0. The summed E-state index contributed by atoms with van der Waals surface area (Å²) in [4.78, 5) is 35.8. The number of allylic oxidation sites excluding steroid dienone is 10. The van der Waals surface area contributed by atoms with Crippen LogP contribution in [-0.2, 0) is 32.7 Å². The monoisotopic (exact) mass is 913 g/mol. The van der Waals surface area contributed by atoms with Gasteiger partial charge in [-0.2, -0.15) is 0 Å². The van der Waals surface area contributed by atoms with Gasteiger partial charge in [0.25, 0.3) is 0 Å². The van der Waals surface area contributed by atoms with Crippen molar-refractivity contribution in [1.29, 1.82) is 0 Å². The van der Waals surface area contributed by atoms with Crippen molar-refractivity contribution in [2.75, 3.05) is 13.2 Å². The molecule has 0 heterocycles. The molecule has 0 aromatic carbocycles. The van der Waals surface area contributed by atoms with Gasteiger partial charge in [-0.25, -0.2) is 4.57 Å². The van der Waals surface area contributed by atoms with E-state index in [-0.39, 0.29) is 12.8 Å². The average molecular weight is 913 g/mol. The molecule has 1 saturated carbocycles. The lowest BCUT2D eigenvalue weighted by Gasteiger charge is -2.41. The van der Waals surface area contributed by atoms with Gasteiger partial charge in [0.05, 0.1) is 6.61 Å². The highest BCUT2D eigenvalue weighted by molar-refractivity contribution is 7.47. The lowest BCUT2D eigenvalue weighted by atomic mass is 9.85. The summed E-state index contributed by atoms with van der Waals surface area (Å²) in [5, 5.41) is 50.2. The number of aliphatic hydroxyl groups is 5. The molecule has 364 valence electrons. The molecular weight excluding hydrogens is 827 g/mol. The minimum Gasteiger partial charge on any atom is -0.462 e. The van der Waals surface area contributed by atoms with E-state index in [2.05, 4.69) is 74.6 Å². The van der Waals surface area contributed by atoms with Crippen LogP contribution in [0.4, 0.5) is 0 Å². The van der Waals surface area contributed by atoms with E-state index < -0.39 is 75.7 Å². The van der Waals surface area contributed by atoms with E-state index in [1.54, 1.807) is 0 Å². The predicted octanol–water partition coefficient (Wildman–Crippen LogP) is 9.73. The fraction of sp³-hybridized carbons (Fsp3) is 0.755. The van der Waals surface area contributed by atoms with Crippen molar-refractivity contribution < 1.29 is 63.1 Å². The Balaban J connectivity index is 2.44. The maximum Gasteiger partial charge on any atom is 0.472 e. The van der Waals surface area contributed by atoms with Crippen LogP contribution in [0.25, 0.3) is 0 Å². The number of aliphatic hydroxyl groups excluding tert-OH is 5. The summed E-state index contributed by atoms with van der Waals surface area (Å²) in [7, 11) is -5.13. The first kappa shape index (κ1) is 58.6. The highest BCUT2D eigenvalue weighted by Crippen LogP contribution is 2.47. The zero-order valence-corrected chi connectivity index (χ0v) is 39.5. The first-order chi connectivity index (χ1) is 30.4. The van der Waals surface area contributed by atoms with Crippen LogP contribution in [0.3, 0.4) is 0 Å². The Kier molecular flexibility index (Phi) is 36.1. The number of phosphoric acid groups is 1. The molecule has 0 spiro atoms. The number of ether oxygens (including phenoxy) is 2. The van der Waals surface area contributed by atoms with Crippen LogP contribution in [0.5, 0.6) is 0 Å².